The van der Waals surface area contributed by atoms with Gasteiger partial charge in [-0.05, 0) is 73.2 Å². The Morgan fingerprint density at radius 3 is 2.31 bits per heavy atom. The van der Waals surface area contributed by atoms with E-state index in [-0.39, 0.29) is 22.7 Å². The number of para-hydroxylation sites is 1. The predicted octanol–water partition coefficient (Wildman–Crippen LogP) is 9.61. The van der Waals surface area contributed by atoms with E-state index in [1.54, 1.807) is 30.3 Å². The van der Waals surface area contributed by atoms with Crippen LogP contribution in [-0.2, 0) is 23.0 Å². The Morgan fingerprint density at radius 2 is 1.57 bits per heavy atom. The zero-order valence-electron chi connectivity index (χ0n) is 31.3. The zero-order chi connectivity index (χ0) is 37.9. The first kappa shape index (κ1) is 38.6. The normalized spacial score (nSPS) is 13.4. The highest BCUT2D eigenvalue weighted by Crippen LogP contribution is 2.31. The van der Waals surface area contributed by atoms with Crippen molar-refractivity contribution in [2.75, 3.05) is 11.4 Å². The van der Waals surface area contributed by atoms with Gasteiger partial charge in [-0.25, -0.2) is 27.7 Å². The molecule has 11 heteroatoms. The summed E-state index contributed by atoms with van der Waals surface area (Å²) in [5.41, 5.74) is 5.28. The molecule has 3 amide bonds. The van der Waals surface area contributed by atoms with E-state index >= 15 is 0 Å². The second-order valence-corrected chi connectivity index (χ2v) is 15.7. The van der Waals surface area contributed by atoms with Gasteiger partial charge in [-0.2, -0.15) is 0 Å². The highest BCUT2D eigenvalue weighted by Gasteiger charge is 2.23. The lowest BCUT2D eigenvalue weighted by molar-refractivity contribution is 0.207. The summed E-state index contributed by atoms with van der Waals surface area (Å²) in [7, 11) is -4.09. The van der Waals surface area contributed by atoms with Crippen LogP contribution in [0.2, 0.25) is 0 Å². The highest BCUT2D eigenvalue weighted by atomic mass is 32.2. The topological polar surface area (TPSA) is 123 Å². The Morgan fingerprint density at radius 1 is 0.852 bits per heavy atom. The number of rotatable bonds is 15. The molecule has 1 aliphatic carbocycles. The van der Waals surface area contributed by atoms with E-state index in [2.05, 4.69) is 29.8 Å². The number of sulfonamides is 1. The summed E-state index contributed by atoms with van der Waals surface area (Å²) in [5, 5.41) is 3.34. The molecule has 54 heavy (non-hydrogen) atoms. The van der Waals surface area contributed by atoms with Crippen LogP contribution in [0.3, 0.4) is 0 Å². The van der Waals surface area contributed by atoms with Gasteiger partial charge in [0.25, 0.3) is 10.0 Å². The van der Waals surface area contributed by atoms with Crippen molar-refractivity contribution in [3.63, 3.8) is 0 Å². The van der Waals surface area contributed by atoms with Crippen molar-refractivity contribution < 1.29 is 22.7 Å². The fraction of sp³-hybridized carbons (Fsp3) is 0.372. The molecule has 5 aromatic rings. The molecule has 4 aromatic carbocycles. The zero-order valence-corrected chi connectivity index (χ0v) is 32.1. The Bertz CT molecular complexity index is 2130. The van der Waals surface area contributed by atoms with Gasteiger partial charge < -0.3 is 14.6 Å². The van der Waals surface area contributed by atoms with Crippen molar-refractivity contribution in [3.05, 3.63) is 108 Å². The molecule has 0 aliphatic heterocycles. The van der Waals surface area contributed by atoms with E-state index in [0.29, 0.717) is 18.7 Å². The first-order valence-electron chi connectivity index (χ1n) is 19.3. The van der Waals surface area contributed by atoms with Crippen molar-refractivity contribution in [1.29, 1.82) is 0 Å². The Hall–Kier alpha value is -5.16. The van der Waals surface area contributed by atoms with Gasteiger partial charge in [0, 0.05) is 36.8 Å². The van der Waals surface area contributed by atoms with E-state index < -0.39 is 16.1 Å². The van der Waals surface area contributed by atoms with Gasteiger partial charge in [-0.1, -0.05) is 113 Å². The van der Waals surface area contributed by atoms with Crippen molar-refractivity contribution in [2.45, 2.75) is 102 Å². The minimum Gasteiger partial charge on any atom is -0.409 e. The average molecular weight is 750 g/mol. The van der Waals surface area contributed by atoms with Gasteiger partial charge in [0.05, 0.1) is 15.9 Å². The molecule has 0 bridgehead atoms. The van der Waals surface area contributed by atoms with Crippen LogP contribution in [0.15, 0.2) is 102 Å². The number of nitrogens with zero attached hydrogens (tertiary/aromatic N) is 3. The number of fused-ring (bicyclic) bond motifs is 1. The molecule has 2 N–H and O–H groups in total. The molecule has 284 valence electrons. The number of amides is 3. The fourth-order valence-electron chi connectivity index (χ4n) is 7.05. The Labute approximate surface area is 319 Å². The largest absolute Gasteiger partial charge is 0.426 e. The number of carbonyl (C=O) groups is 2. The van der Waals surface area contributed by atoms with E-state index in [1.807, 2.05) is 58.2 Å². The van der Waals surface area contributed by atoms with Crippen LogP contribution in [-0.4, -0.2) is 42.7 Å². The number of hydrogen-bond donors (Lipinski definition) is 2. The molecule has 0 radical (unpaired) electrons. The Kier molecular flexibility index (Phi) is 13.0. The molecule has 1 aliphatic rings. The number of aromatic nitrogens is 2. The summed E-state index contributed by atoms with van der Waals surface area (Å²) in [5.74, 6) is 1.24. The molecular weight excluding hydrogens is 699 g/mol. The van der Waals surface area contributed by atoms with Crippen LogP contribution in [0.1, 0.15) is 89.4 Å². The van der Waals surface area contributed by atoms with E-state index in [1.165, 1.54) is 18.6 Å². The number of urea groups is 1. The summed E-state index contributed by atoms with van der Waals surface area (Å²) < 4.78 is 35.2. The third-order valence-corrected chi connectivity index (χ3v) is 11.3. The lowest BCUT2D eigenvalue weighted by Crippen LogP contribution is -2.46. The molecule has 0 spiro atoms. The molecule has 0 atom stereocenters. The first-order valence-corrected chi connectivity index (χ1v) is 20.8. The number of unbranched alkanes of at least 4 members (excludes halogenated alkanes) is 3. The van der Waals surface area contributed by atoms with Gasteiger partial charge in [0.2, 0.25) is 0 Å². The minimum absolute atomic E-state index is 0.0234. The maximum absolute atomic E-state index is 13.8. The maximum Gasteiger partial charge on any atom is 0.426 e. The molecule has 0 saturated heterocycles. The predicted molar refractivity (Wildman–Crippen MR) is 214 cm³/mol. The number of nitrogens with one attached hydrogen (secondary N) is 2. The summed E-state index contributed by atoms with van der Waals surface area (Å²) >= 11 is 0. The van der Waals surface area contributed by atoms with Crippen molar-refractivity contribution in [1.82, 2.24) is 19.6 Å². The monoisotopic (exact) mass is 749 g/mol. The summed E-state index contributed by atoms with van der Waals surface area (Å²) in [6.07, 6.45) is 10.5. The summed E-state index contributed by atoms with van der Waals surface area (Å²) in [4.78, 5) is 33.4. The van der Waals surface area contributed by atoms with Gasteiger partial charge in [0.15, 0.2) is 0 Å². The van der Waals surface area contributed by atoms with Gasteiger partial charge in [0.1, 0.15) is 11.6 Å². The fourth-order valence-corrected chi connectivity index (χ4v) is 7.95. The van der Waals surface area contributed by atoms with Crippen molar-refractivity contribution >= 4 is 38.9 Å². The molecule has 1 fully saturated rings. The van der Waals surface area contributed by atoms with Crippen LogP contribution < -0.4 is 19.7 Å². The average Bonchev–Trinajstić information content (AvgIpc) is 3.52. The van der Waals surface area contributed by atoms with E-state index in [9.17, 15) is 18.0 Å². The smallest absolute Gasteiger partial charge is 0.409 e. The van der Waals surface area contributed by atoms with Crippen molar-refractivity contribution in [3.8, 4) is 16.9 Å². The number of carbonyl (C=O) groups excluding carboxylic acids is 2. The van der Waals surface area contributed by atoms with Crippen LogP contribution in [0.25, 0.3) is 22.2 Å². The van der Waals surface area contributed by atoms with Crippen LogP contribution >= 0.6 is 0 Å². The van der Waals surface area contributed by atoms with Crippen molar-refractivity contribution in [2.24, 2.45) is 0 Å². The highest BCUT2D eigenvalue weighted by molar-refractivity contribution is 7.90. The lowest BCUT2D eigenvalue weighted by atomic mass is 9.96. The van der Waals surface area contributed by atoms with E-state index in [0.717, 1.165) is 97.9 Å². The van der Waals surface area contributed by atoms with Crippen LogP contribution in [0, 0.1) is 0 Å². The number of benzene rings is 4. The molecule has 1 heterocycles. The standard InChI is InChI=1S/C43H51N5O5S/c1-3-5-15-29-47(42(49)44-34-16-9-7-10-17-34)35-27-28-38-39(30-35)48(41(45-38)22-6-4-2)31-32-23-25-33(26-24-32)37-20-13-14-21-40(37)53-43(50)46-54(51,52)36-18-11-8-12-19-36/h8,11-14,18-21,23-28,30,34H,3-7,9-10,15-17,22,29,31H2,1-2H3,(H,44,49)(H,46,50). The third kappa shape index (κ3) is 9.68. The molecular formula is C43H51N5O5S. The molecule has 6 rings (SSSR count). The van der Waals surface area contributed by atoms with Gasteiger partial charge >= 0.3 is 12.1 Å². The van der Waals surface area contributed by atoms with Crippen LogP contribution in [0.5, 0.6) is 5.75 Å². The molecule has 1 saturated carbocycles. The maximum atomic E-state index is 13.8. The lowest BCUT2D eigenvalue weighted by Gasteiger charge is -2.28. The number of hydrogen-bond acceptors (Lipinski definition) is 6. The number of ether oxygens (including phenoxy) is 1. The SMILES string of the molecule is CCCCCN(C(=O)NC1CCCCC1)c1ccc2nc(CCCC)n(Cc3ccc(-c4ccccc4OC(=O)NS(=O)(=O)c4ccccc4)cc3)c2c1. The number of aryl methyl sites for hydroxylation is 1. The molecule has 10 nitrogen and oxygen atoms in total. The molecule has 0 unspecified atom stereocenters. The van der Waals surface area contributed by atoms with Gasteiger partial charge in [-0.15, -0.1) is 0 Å². The third-order valence-electron chi connectivity index (χ3n) is 10.0. The van der Waals surface area contributed by atoms with Gasteiger partial charge in [-0.3, -0.25) is 4.90 Å². The number of imidazole rings is 1. The second kappa shape index (κ2) is 18.2. The number of anilines is 1. The van der Waals surface area contributed by atoms with Crippen LogP contribution in [0.4, 0.5) is 15.3 Å². The molecule has 1 aromatic heterocycles. The summed E-state index contributed by atoms with van der Waals surface area (Å²) in [6.45, 7) is 5.60. The quantitative estimate of drug-likeness (QED) is 0.103. The summed E-state index contributed by atoms with van der Waals surface area (Å²) in [6, 6.07) is 29.1. The minimum atomic E-state index is -4.09. The van der Waals surface area contributed by atoms with E-state index in [4.69, 9.17) is 9.72 Å². The Balaban J connectivity index is 1.24. The second-order valence-electron chi connectivity index (χ2n) is 14.0. The first-order chi connectivity index (χ1) is 26.3.